The second-order valence-electron chi connectivity index (χ2n) is 12.6. The summed E-state index contributed by atoms with van der Waals surface area (Å²) in [5, 5.41) is 17.0. The average molecular weight is 680 g/mol. The quantitative estimate of drug-likeness (QED) is 0.186. The highest BCUT2D eigenvalue weighted by Crippen LogP contribution is 2.38. The zero-order chi connectivity index (χ0) is 34.0. The Kier molecular flexibility index (Phi) is 9.81. The Labute approximate surface area is 282 Å². The van der Waals surface area contributed by atoms with Crippen LogP contribution < -0.4 is 10.6 Å². The number of anilines is 3. The molecule has 4 N–H and O–H groups in total. The Balaban J connectivity index is 1.25. The first-order valence-electron chi connectivity index (χ1n) is 16.3. The molecule has 14 heteroatoms. The molecule has 12 nitrogen and oxygen atoms in total. The third-order valence-corrected chi connectivity index (χ3v) is 9.54. The Morgan fingerprint density at radius 3 is 2.62 bits per heavy atom. The molecule has 0 radical (unpaired) electrons. The van der Waals surface area contributed by atoms with E-state index in [0.717, 1.165) is 25.9 Å². The molecule has 3 aromatic rings. The zero-order valence-electron chi connectivity index (χ0n) is 27.0. The normalized spacial score (nSPS) is 18.5. The standard InChI is InChI=1S/C34H39ClFN7O5/c1-3-48-33(46)28-20(2)25(40-26(28)17-27(44)43-13-9-34(47,10-14-43)18-42-11-5-4-6-12-42)16-22-29-30(37-19-38-31(29)41-32(22)45)39-21-7-8-24(36)23(35)15-21/h7-8,15-16,19,40,47H,3-6,9-14,17-18H2,1-2H3,(H2,37,38,39,41,45)/b22-16-. The fraction of sp³-hybridized carbons (Fsp3) is 0.441. The minimum atomic E-state index is -0.828. The molecule has 0 aliphatic carbocycles. The summed E-state index contributed by atoms with van der Waals surface area (Å²) in [5.74, 6) is -1.22. The van der Waals surface area contributed by atoms with Gasteiger partial charge in [0.05, 0.1) is 40.4 Å². The zero-order valence-corrected chi connectivity index (χ0v) is 27.8. The number of carbonyl (C=O) groups excluding carboxylic acids is 3. The number of fused-ring (bicyclic) bond motifs is 1. The van der Waals surface area contributed by atoms with Crippen LogP contribution in [-0.2, 0) is 20.7 Å². The summed E-state index contributed by atoms with van der Waals surface area (Å²) in [7, 11) is 0. The highest BCUT2D eigenvalue weighted by Gasteiger charge is 2.36. The van der Waals surface area contributed by atoms with Crippen LogP contribution in [0.2, 0.25) is 5.02 Å². The molecule has 0 bridgehead atoms. The first-order chi connectivity index (χ1) is 23.0. The topological polar surface area (TPSA) is 153 Å². The molecule has 0 spiro atoms. The summed E-state index contributed by atoms with van der Waals surface area (Å²) in [6.45, 7) is 7.01. The molecule has 2 saturated heterocycles. The Morgan fingerprint density at radius 1 is 1.17 bits per heavy atom. The van der Waals surface area contributed by atoms with Gasteiger partial charge in [0.1, 0.15) is 23.8 Å². The lowest BCUT2D eigenvalue weighted by Crippen LogP contribution is -2.53. The number of esters is 1. The lowest BCUT2D eigenvalue weighted by molar-refractivity contribution is -0.135. The van der Waals surface area contributed by atoms with Crippen molar-refractivity contribution in [2.75, 3.05) is 50.0 Å². The van der Waals surface area contributed by atoms with Crippen LogP contribution in [0, 0.1) is 12.7 Å². The van der Waals surface area contributed by atoms with Gasteiger partial charge in [-0.3, -0.25) is 9.59 Å². The predicted octanol–water partition coefficient (Wildman–Crippen LogP) is 4.70. The van der Waals surface area contributed by atoms with Crippen molar-refractivity contribution in [3.05, 3.63) is 63.4 Å². The van der Waals surface area contributed by atoms with Gasteiger partial charge in [0.15, 0.2) is 0 Å². The second kappa shape index (κ2) is 14.0. The van der Waals surface area contributed by atoms with Crippen molar-refractivity contribution in [1.29, 1.82) is 0 Å². The number of nitrogens with zero attached hydrogens (tertiary/aromatic N) is 4. The number of β-amino-alcohol motifs (C(OH)–C–C–N with tert-alkyl or cyclic N) is 1. The number of nitrogens with one attached hydrogen (secondary N) is 3. The van der Waals surface area contributed by atoms with Crippen LogP contribution >= 0.6 is 11.6 Å². The number of aromatic amines is 1. The van der Waals surface area contributed by atoms with Crippen LogP contribution in [0.4, 0.5) is 21.7 Å². The molecular weight excluding hydrogens is 641 g/mol. The van der Waals surface area contributed by atoms with Crippen LogP contribution in [0.15, 0.2) is 24.5 Å². The van der Waals surface area contributed by atoms with Crippen LogP contribution in [-0.4, -0.2) is 92.6 Å². The van der Waals surface area contributed by atoms with Crippen LogP contribution in [0.25, 0.3) is 11.6 Å². The summed E-state index contributed by atoms with van der Waals surface area (Å²) in [6.07, 6.45) is 7.26. The summed E-state index contributed by atoms with van der Waals surface area (Å²) in [5.41, 5.74) is 1.76. The number of rotatable bonds is 9. The van der Waals surface area contributed by atoms with Crippen LogP contribution in [0.3, 0.4) is 0 Å². The van der Waals surface area contributed by atoms with Crippen molar-refractivity contribution in [3.8, 4) is 0 Å². The van der Waals surface area contributed by atoms with Crippen molar-refractivity contribution >= 4 is 58.4 Å². The summed E-state index contributed by atoms with van der Waals surface area (Å²) >= 11 is 5.97. The van der Waals surface area contributed by atoms with Crippen LogP contribution in [0.5, 0.6) is 0 Å². The maximum atomic E-state index is 13.8. The van der Waals surface area contributed by atoms with E-state index in [1.165, 1.54) is 30.9 Å². The highest BCUT2D eigenvalue weighted by atomic mass is 35.5. The molecule has 0 saturated carbocycles. The van der Waals surface area contributed by atoms with E-state index in [0.29, 0.717) is 60.7 Å². The van der Waals surface area contributed by atoms with Crippen LogP contribution in [0.1, 0.15) is 71.9 Å². The summed E-state index contributed by atoms with van der Waals surface area (Å²) in [6, 6.07) is 4.11. The highest BCUT2D eigenvalue weighted by molar-refractivity contribution is 6.35. The van der Waals surface area contributed by atoms with Crippen molar-refractivity contribution in [3.63, 3.8) is 0 Å². The summed E-state index contributed by atoms with van der Waals surface area (Å²) < 4.78 is 19.1. The number of aliphatic hydroxyl groups is 1. The van der Waals surface area contributed by atoms with Gasteiger partial charge in [-0.2, -0.15) is 0 Å². The van der Waals surface area contributed by atoms with Gasteiger partial charge < -0.3 is 35.3 Å². The average Bonchev–Trinajstić information content (AvgIpc) is 3.54. The van der Waals surface area contributed by atoms with E-state index in [1.54, 1.807) is 24.8 Å². The van der Waals surface area contributed by atoms with E-state index >= 15 is 0 Å². The predicted molar refractivity (Wildman–Crippen MR) is 179 cm³/mol. The maximum absolute atomic E-state index is 13.8. The Bertz CT molecular complexity index is 1760. The number of halogens is 2. The first-order valence-corrected chi connectivity index (χ1v) is 16.6. The summed E-state index contributed by atoms with van der Waals surface area (Å²) in [4.78, 5) is 55.7. The van der Waals surface area contributed by atoms with Crippen molar-refractivity contribution < 1.29 is 28.6 Å². The number of H-pyrrole nitrogens is 1. The molecular formula is C34H39ClFN7O5. The largest absolute Gasteiger partial charge is 0.462 e. The molecule has 1 aromatic carbocycles. The smallest absolute Gasteiger partial charge is 0.340 e. The van der Waals surface area contributed by atoms with Crippen molar-refractivity contribution in [1.82, 2.24) is 24.8 Å². The van der Waals surface area contributed by atoms with E-state index in [4.69, 9.17) is 16.3 Å². The number of ether oxygens (including phenoxy) is 1. The molecule has 0 unspecified atom stereocenters. The number of amides is 2. The SMILES string of the molecule is CCOC(=O)c1c(CC(=O)N2CCC(O)(CN3CCCCC3)CC2)[nH]c(/C=C2\C(=O)Nc3ncnc(Nc4ccc(F)c(Cl)c4)c32)c1C. The number of likely N-dealkylation sites (tertiary alicyclic amines) is 2. The molecule has 254 valence electrons. The van der Waals surface area contributed by atoms with Crippen molar-refractivity contribution in [2.24, 2.45) is 0 Å². The number of hydrogen-bond acceptors (Lipinski definition) is 9. The molecule has 3 aliphatic heterocycles. The maximum Gasteiger partial charge on any atom is 0.340 e. The molecule has 0 atom stereocenters. The first kappa shape index (κ1) is 33.6. The van der Waals surface area contributed by atoms with Gasteiger partial charge in [0, 0.05) is 36.7 Å². The third kappa shape index (κ3) is 7.08. The van der Waals surface area contributed by atoms with Gasteiger partial charge in [0.25, 0.3) is 5.91 Å². The fourth-order valence-electron chi connectivity index (χ4n) is 6.67. The molecule has 2 amide bonds. The lowest BCUT2D eigenvalue weighted by Gasteiger charge is -2.41. The molecule has 2 aromatic heterocycles. The minimum Gasteiger partial charge on any atom is -0.462 e. The van der Waals surface area contributed by atoms with E-state index in [9.17, 15) is 23.9 Å². The Morgan fingerprint density at radius 2 is 1.92 bits per heavy atom. The molecule has 6 rings (SSSR count). The molecule has 3 aliphatic rings. The van der Waals surface area contributed by atoms with Gasteiger partial charge in [-0.05, 0) is 82.5 Å². The van der Waals surface area contributed by atoms with Gasteiger partial charge >= 0.3 is 5.97 Å². The Hall–Kier alpha value is -4.33. The molecule has 48 heavy (non-hydrogen) atoms. The minimum absolute atomic E-state index is 0.0797. The fourth-order valence-corrected chi connectivity index (χ4v) is 6.86. The van der Waals surface area contributed by atoms with E-state index in [-0.39, 0.29) is 46.7 Å². The van der Waals surface area contributed by atoms with Gasteiger partial charge in [0.2, 0.25) is 5.91 Å². The number of aromatic nitrogens is 3. The molecule has 2 fully saturated rings. The number of carbonyl (C=O) groups is 3. The third-order valence-electron chi connectivity index (χ3n) is 9.25. The van der Waals surface area contributed by atoms with Gasteiger partial charge in [-0.15, -0.1) is 0 Å². The number of benzene rings is 1. The van der Waals surface area contributed by atoms with Crippen molar-refractivity contribution in [2.45, 2.75) is 58.0 Å². The van der Waals surface area contributed by atoms with Gasteiger partial charge in [-0.1, -0.05) is 18.0 Å². The number of hydrogen-bond donors (Lipinski definition) is 4. The van der Waals surface area contributed by atoms with E-state index in [1.807, 2.05) is 0 Å². The van der Waals surface area contributed by atoms with Gasteiger partial charge in [-0.25, -0.2) is 19.2 Å². The molecule has 5 heterocycles. The number of piperidine rings is 2. The van der Waals surface area contributed by atoms with E-state index in [2.05, 4.69) is 30.5 Å². The monoisotopic (exact) mass is 679 g/mol. The second-order valence-corrected chi connectivity index (χ2v) is 13.0. The lowest BCUT2D eigenvalue weighted by atomic mass is 9.90. The van der Waals surface area contributed by atoms with E-state index < -0.39 is 23.3 Å².